The van der Waals surface area contributed by atoms with Gasteiger partial charge in [0.05, 0.1) is 6.61 Å². The van der Waals surface area contributed by atoms with E-state index >= 15 is 0 Å². The standard InChI is InChI=1S/C4H9BO4/c1-4(6)9-3-2-5(7)8/h7-8H,2-3H2,1H3. The Kier molecular flexibility index (Phi) is 4.08. The van der Waals surface area contributed by atoms with Crippen LogP contribution < -0.4 is 0 Å². The van der Waals surface area contributed by atoms with Gasteiger partial charge in [-0.15, -0.1) is 0 Å². The van der Waals surface area contributed by atoms with E-state index < -0.39 is 13.1 Å². The van der Waals surface area contributed by atoms with E-state index in [-0.39, 0.29) is 12.9 Å². The molecule has 0 aliphatic rings. The van der Waals surface area contributed by atoms with Gasteiger partial charge < -0.3 is 14.8 Å². The van der Waals surface area contributed by atoms with Gasteiger partial charge in [-0.3, -0.25) is 4.79 Å². The lowest BCUT2D eigenvalue weighted by atomic mass is 9.87. The van der Waals surface area contributed by atoms with Crippen LogP contribution >= 0.6 is 0 Å². The Hall–Kier alpha value is -0.545. The van der Waals surface area contributed by atoms with E-state index in [1.165, 1.54) is 6.92 Å². The van der Waals surface area contributed by atoms with Crippen molar-refractivity contribution < 1.29 is 19.6 Å². The van der Waals surface area contributed by atoms with Crippen molar-refractivity contribution >= 4 is 13.1 Å². The second-order valence-electron chi connectivity index (χ2n) is 1.61. The molecule has 0 spiro atoms. The average molecular weight is 132 g/mol. The molecular weight excluding hydrogens is 123 g/mol. The topological polar surface area (TPSA) is 66.8 Å². The minimum atomic E-state index is -1.38. The second kappa shape index (κ2) is 4.35. The Labute approximate surface area is 53.6 Å². The molecule has 52 valence electrons. The van der Waals surface area contributed by atoms with Crippen molar-refractivity contribution in [2.75, 3.05) is 6.61 Å². The van der Waals surface area contributed by atoms with Crippen LogP contribution in [0.2, 0.25) is 6.32 Å². The number of rotatable bonds is 3. The molecule has 9 heavy (non-hydrogen) atoms. The van der Waals surface area contributed by atoms with E-state index in [1.54, 1.807) is 0 Å². The number of carbonyl (C=O) groups excluding carboxylic acids is 1. The van der Waals surface area contributed by atoms with Crippen molar-refractivity contribution in [2.24, 2.45) is 0 Å². The molecule has 0 saturated carbocycles. The number of ether oxygens (including phenoxy) is 1. The molecule has 0 aromatic heterocycles. The highest BCUT2D eigenvalue weighted by atomic mass is 16.5. The maximum absolute atomic E-state index is 10.0. The van der Waals surface area contributed by atoms with Crippen molar-refractivity contribution in [3.63, 3.8) is 0 Å². The van der Waals surface area contributed by atoms with Crippen LogP contribution in [0.15, 0.2) is 0 Å². The van der Waals surface area contributed by atoms with Crippen molar-refractivity contribution in [3.8, 4) is 0 Å². The molecule has 0 heterocycles. The van der Waals surface area contributed by atoms with Crippen LogP contribution in [0.25, 0.3) is 0 Å². The highest BCUT2D eigenvalue weighted by molar-refractivity contribution is 6.41. The van der Waals surface area contributed by atoms with E-state index in [4.69, 9.17) is 10.0 Å². The Bertz CT molecular complexity index is 92.6. The Morgan fingerprint density at radius 2 is 2.22 bits per heavy atom. The highest BCUT2D eigenvalue weighted by Crippen LogP contribution is 1.85. The lowest BCUT2D eigenvalue weighted by Crippen LogP contribution is -2.14. The zero-order valence-corrected chi connectivity index (χ0v) is 5.20. The summed E-state index contributed by atoms with van der Waals surface area (Å²) in [4.78, 5) is 10.0. The third kappa shape index (κ3) is 7.45. The molecular formula is C4H9BO4. The zero-order chi connectivity index (χ0) is 7.28. The minimum absolute atomic E-state index is 0.0625. The van der Waals surface area contributed by atoms with Crippen molar-refractivity contribution in [1.82, 2.24) is 0 Å². The van der Waals surface area contributed by atoms with Gasteiger partial charge in [-0.1, -0.05) is 0 Å². The third-order valence-electron chi connectivity index (χ3n) is 0.681. The van der Waals surface area contributed by atoms with Gasteiger partial charge in [0.15, 0.2) is 0 Å². The van der Waals surface area contributed by atoms with E-state index in [9.17, 15) is 4.79 Å². The lowest BCUT2D eigenvalue weighted by Gasteiger charge is -1.98. The molecule has 0 amide bonds. The minimum Gasteiger partial charge on any atom is -0.466 e. The van der Waals surface area contributed by atoms with E-state index in [0.29, 0.717) is 0 Å². The highest BCUT2D eigenvalue weighted by Gasteiger charge is 2.05. The summed E-state index contributed by atoms with van der Waals surface area (Å²) in [6.45, 7) is 1.33. The Morgan fingerprint density at radius 3 is 2.56 bits per heavy atom. The van der Waals surface area contributed by atoms with Gasteiger partial charge in [0.25, 0.3) is 0 Å². The first kappa shape index (κ1) is 8.45. The Morgan fingerprint density at radius 1 is 1.67 bits per heavy atom. The molecule has 4 nitrogen and oxygen atoms in total. The molecule has 0 aliphatic carbocycles. The van der Waals surface area contributed by atoms with Gasteiger partial charge in [-0.05, 0) is 0 Å². The molecule has 0 rings (SSSR count). The maximum Gasteiger partial charge on any atom is 0.454 e. The third-order valence-corrected chi connectivity index (χ3v) is 0.681. The zero-order valence-electron chi connectivity index (χ0n) is 5.20. The summed E-state index contributed by atoms with van der Waals surface area (Å²) in [6.07, 6.45) is 0.0690. The summed E-state index contributed by atoms with van der Waals surface area (Å²) in [5.41, 5.74) is 0. The predicted octanol–water partition coefficient (Wildman–Crippen LogP) is -0.978. The van der Waals surface area contributed by atoms with E-state index in [1.807, 2.05) is 0 Å². The summed E-state index contributed by atoms with van der Waals surface area (Å²) in [5.74, 6) is -0.407. The summed E-state index contributed by atoms with van der Waals surface area (Å²) >= 11 is 0. The number of esters is 1. The van der Waals surface area contributed by atoms with Gasteiger partial charge in [0, 0.05) is 13.2 Å². The van der Waals surface area contributed by atoms with Gasteiger partial charge in [0.1, 0.15) is 0 Å². The van der Waals surface area contributed by atoms with Gasteiger partial charge >= 0.3 is 13.1 Å². The fraction of sp³-hybridized carbons (Fsp3) is 0.750. The van der Waals surface area contributed by atoms with Gasteiger partial charge in [-0.25, -0.2) is 0 Å². The molecule has 0 bridgehead atoms. The fourth-order valence-electron chi connectivity index (χ4n) is 0.308. The van der Waals surface area contributed by atoms with Gasteiger partial charge in [0.2, 0.25) is 0 Å². The van der Waals surface area contributed by atoms with Crippen LogP contribution in [-0.4, -0.2) is 29.7 Å². The average Bonchev–Trinajstić information content (AvgIpc) is 1.63. The van der Waals surface area contributed by atoms with Crippen LogP contribution in [0.5, 0.6) is 0 Å². The molecule has 0 fully saturated rings. The predicted molar refractivity (Wildman–Crippen MR) is 31.6 cm³/mol. The molecule has 0 radical (unpaired) electrons. The SMILES string of the molecule is CC(=O)OCCB(O)O. The molecule has 0 aromatic rings. The van der Waals surface area contributed by atoms with Crippen molar-refractivity contribution in [2.45, 2.75) is 13.2 Å². The quantitative estimate of drug-likeness (QED) is 0.382. The maximum atomic E-state index is 10.0. The fourth-order valence-corrected chi connectivity index (χ4v) is 0.308. The van der Waals surface area contributed by atoms with Crippen LogP contribution in [0, 0.1) is 0 Å². The Balaban J connectivity index is 3.01. The van der Waals surface area contributed by atoms with Crippen LogP contribution in [0.3, 0.4) is 0 Å². The molecule has 5 heteroatoms. The number of hydrogen-bond acceptors (Lipinski definition) is 4. The number of hydrogen-bond donors (Lipinski definition) is 2. The van der Waals surface area contributed by atoms with Gasteiger partial charge in [-0.2, -0.15) is 0 Å². The number of carbonyl (C=O) groups is 1. The smallest absolute Gasteiger partial charge is 0.454 e. The summed E-state index contributed by atoms with van der Waals surface area (Å²) in [7, 11) is -1.38. The lowest BCUT2D eigenvalue weighted by molar-refractivity contribution is -0.140. The normalized spacial score (nSPS) is 8.78. The van der Waals surface area contributed by atoms with E-state index in [2.05, 4.69) is 4.74 Å². The molecule has 0 unspecified atom stereocenters. The van der Waals surface area contributed by atoms with E-state index in [0.717, 1.165) is 0 Å². The van der Waals surface area contributed by atoms with Crippen molar-refractivity contribution in [1.29, 1.82) is 0 Å². The second-order valence-corrected chi connectivity index (χ2v) is 1.61. The molecule has 0 aliphatic heterocycles. The van der Waals surface area contributed by atoms with Crippen LogP contribution in [0.4, 0.5) is 0 Å². The molecule has 2 N–H and O–H groups in total. The molecule has 0 saturated heterocycles. The van der Waals surface area contributed by atoms with Crippen LogP contribution in [-0.2, 0) is 9.53 Å². The first-order valence-electron chi connectivity index (χ1n) is 2.62. The largest absolute Gasteiger partial charge is 0.466 e. The van der Waals surface area contributed by atoms with Crippen LogP contribution in [0.1, 0.15) is 6.92 Å². The summed E-state index contributed by atoms with van der Waals surface area (Å²) in [6, 6.07) is 0. The monoisotopic (exact) mass is 132 g/mol. The molecule has 0 atom stereocenters. The van der Waals surface area contributed by atoms with Crippen molar-refractivity contribution in [3.05, 3.63) is 0 Å². The summed E-state index contributed by atoms with van der Waals surface area (Å²) in [5, 5.41) is 16.5. The first-order valence-corrected chi connectivity index (χ1v) is 2.62. The first-order chi connectivity index (χ1) is 4.13. The summed E-state index contributed by atoms with van der Waals surface area (Å²) < 4.78 is 4.39. The molecule has 0 aromatic carbocycles.